The number of hydrogen-bond acceptors (Lipinski definition) is 3. The van der Waals surface area contributed by atoms with Crippen LogP contribution in [-0.4, -0.2) is 35.1 Å². The number of aryl methyl sites for hydroxylation is 1. The van der Waals surface area contributed by atoms with Gasteiger partial charge in [-0.05, 0) is 48.7 Å². The number of nitrogens with zero attached hydrogens (tertiary/aromatic N) is 2. The van der Waals surface area contributed by atoms with Crippen LogP contribution in [0.3, 0.4) is 0 Å². The van der Waals surface area contributed by atoms with Crippen molar-refractivity contribution in [3.63, 3.8) is 0 Å². The molecular formula is C25H29N3O2. The maximum atomic E-state index is 13.0. The molecule has 5 heteroatoms. The van der Waals surface area contributed by atoms with Crippen LogP contribution in [-0.2, 0) is 20.0 Å². The zero-order chi connectivity index (χ0) is 20.9. The van der Waals surface area contributed by atoms with E-state index in [1.54, 1.807) is 0 Å². The molecule has 1 amide bonds. The molecule has 0 radical (unpaired) electrons. The third-order valence-corrected chi connectivity index (χ3v) is 5.81. The number of hydrogen-bond donors (Lipinski definition) is 1. The predicted octanol–water partition coefficient (Wildman–Crippen LogP) is 3.95. The highest BCUT2D eigenvalue weighted by Gasteiger charge is 2.27. The van der Waals surface area contributed by atoms with E-state index in [4.69, 9.17) is 4.74 Å². The molecule has 2 heterocycles. The topological polar surface area (TPSA) is 46.5 Å². The van der Waals surface area contributed by atoms with Gasteiger partial charge in [0.1, 0.15) is 5.75 Å². The Balaban J connectivity index is 1.54. The summed E-state index contributed by atoms with van der Waals surface area (Å²) in [6.07, 6.45) is 3.09. The monoisotopic (exact) mass is 403 g/mol. The van der Waals surface area contributed by atoms with E-state index in [9.17, 15) is 4.79 Å². The second-order valence-corrected chi connectivity index (χ2v) is 7.69. The van der Waals surface area contributed by atoms with E-state index >= 15 is 0 Å². The van der Waals surface area contributed by atoms with E-state index in [1.807, 2.05) is 31.2 Å². The van der Waals surface area contributed by atoms with Gasteiger partial charge in [0.05, 0.1) is 18.2 Å². The first-order valence-electron chi connectivity index (χ1n) is 10.6. The lowest BCUT2D eigenvalue weighted by molar-refractivity contribution is 0.0921. The first kappa shape index (κ1) is 20.2. The average Bonchev–Trinajstić information content (AvgIpc) is 3.20. The Morgan fingerprint density at radius 3 is 2.60 bits per heavy atom. The van der Waals surface area contributed by atoms with Crippen molar-refractivity contribution in [3.05, 3.63) is 89.2 Å². The highest BCUT2D eigenvalue weighted by molar-refractivity contribution is 5.96. The summed E-state index contributed by atoms with van der Waals surface area (Å²) in [4.78, 5) is 15.4. The fourth-order valence-electron chi connectivity index (χ4n) is 4.24. The van der Waals surface area contributed by atoms with E-state index in [0.717, 1.165) is 19.5 Å². The summed E-state index contributed by atoms with van der Waals surface area (Å²) in [7, 11) is 2.06. The molecule has 30 heavy (non-hydrogen) atoms. The summed E-state index contributed by atoms with van der Waals surface area (Å²) < 4.78 is 7.78. The molecule has 0 bridgehead atoms. The summed E-state index contributed by atoms with van der Waals surface area (Å²) in [5.41, 5.74) is 4.58. The van der Waals surface area contributed by atoms with Gasteiger partial charge in [-0.2, -0.15) is 0 Å². The average molecular weight is 404 g/mol. The van der Waals surface area contributed by atoms with Crippen LogP contribution >= 0.6 is 0 Å². The molecule has 2 aromatic carbocycles. The van der Waals surface area contributed by atoms with E-state index in [1.165, 1.54) is 16.8 Å². The van der Waals surface area contributed by atoms with Crippen LogP contribution in [0, 0.1) is 0 Å². The van der Waals surface area contributed by atoms with Crippen molar-refractivity contribution in [2.24, 2.45) is 7.05 Å². The van der Waals surface area contributed by atoms with Crippen LogP contribution in [0.2, 0.25) is 0 Å². The molecule has 0 fully saturated rings. The normalized spacial score (nSPS) is 14.7. The highest BCUT2D eigenvalue weighted by Crippen LogP contribution is 2.28. The van der Waals surface area contributed by atoms with Gasteiger partial charge in [0.2, 0.25) is 0 Å². The van der Waals surface area contributed by atoms with Gasteiger partial charge in [-0.15, -0.1) is 0 Å². The van der Waals surface area contributed by atoms with Crippen molar-refractivity contribution in [2.75, 3.05) is 19.7 Å². The number of ether oxygens (including phenoxy) is 1. The van der Waals surface area contributed by atoms with E-state index in [0.29, 0.717) is 24.5 Å². The molecule has 1 aliphatic heterocycles. The summed E-state index contributed by atoms with van der Waals surface area (Å²) >= 11 is 0. The molecule has 3 aromatic rings. The molecule has 1 atom stereocenters. The van der Waals surface area contributed by atoms with Crippen LogP contribution in [0.15, 0.2) is 66.9 Å². The number of benzene rings is 2. The second kappa shape index (κ2) is 9.18. The Bertz CT molecular complexity index is 1010. The molecule has 0 saturated heterocycles. The summed E-state index contributed by atoms with van der Waals surface area (Å²) in [5, 5.41) is 3.16. The lowest BCUT2D eigenvalue weighted by Gasteiger charge is -2.36. The SMILES string of the molecule is CCOc1ccccc1C(=O)NCC(c1cccn1C)N1CCc2ccccc2C1. The zero-order valence-corrected chi connectivity index (χ0v) is 17.7. The molecule has 1 aliphatic rings. The largest absolute Gasteiger partial charge is 0.493 e. The molecule has 0 aliphatic carbocycles. The van der Waals surface area contributed by atoms with Gasteiger partial charge < -0.3 is 14.6 Å². The number of fused-ring (bicyclic) bond motifs is 1. The van der Waals surface area contributed by atoms with Crippen molar-refractivity contribution in [3.8, 4) is 5.75 Å². The smallest absolute Gasteiger partial charge is 0.255 e. The second-order valence-electron chi connectivity index (χ2n) is 7.69. The van der Waals surface area contributed by atoms with Gasteiger partial charge in [-0.3, -0.25) is 9.69 Å². The molecular weight excluding hydrogens is 374 g/mol. The Morgan fingerprint density at radius 1 is 1.07 bits per heavy atom. The van der Waals surface area contributed by atoms with Crippen LogP contribution < -0.4 is 10.1 Å². The van der Waals surface area contributed by atoms with Crippen LogP contribution in [0.1, 0.15) is 40.1 Å². The first-order chi connectivity index (χ1) is 14.7. The van der Waals surface area contributed by atoms with Gasteiger partial charge >= 0.3 is 0 Å². The van der Waals surface area contributed by atoms with Gasteiger partial charge in [0.25, 0.3) is 5.91 Å². The lowest BCUT2D eigenvalue weighted by atomic mass is 9.97. The summed E-state index contributed by atoms with van der Waals surface area (Å²) in [6, 6.07) is 20.4. The Labute approximate surface area is 178 Å². The van der Waals surface area contributed by atoms with Crippen LogP contribution in [0.25, 0.3) is 0 Å². The van der Waals surface area contributed by atoms with E-state index < -0.39 is 0 Å². The highest BCUT2D eigenvalue weighted by atomic mass is 16.5. The minimum Gasteiger partial charge on any atom is -0.493 e. The predicted molar refractivity (Wildman–Crippen MR) is 119 cm³/mol. The zero-order valence-electron chi connectivity index (χ0n) is 17.7. The number of nitrogens with one attached hydrogen (secondary N) is 1. The molecule has 0 spiro atoms. The Hall–Kier alpha value is -3.05. The van der Waals surface area contributed by atoms with Gasteiger partial charge in [-0.1, -0.05) is 36.4 Å². The van der Waals surface area contributed by atoms with Crippen molar-refractivity contribution in [1.29, 1.82) is 0 Å². The quantitative estimate of drug-likeness (QED) is 0.650. The van der Waals surface area contributed by atoms with Crippen molar-refractivity contribution < 1.29 is 9.53 Å². The number of para-hydroxylation sites is 1. The number of carbonyl (C=O) groups is 1. The van der Waals surface area contributed by atoms with Crippen LogP contribution in [0.5, 0.6) is 5.75 Å². The maximum Gasteiger partial charge on any atom is 0.255 e. The van der Waals surface area contributed by atoms with Crippen molar-refractivity contribution in [2.45, 2.75) is 25.9 Å². The standard InChI is InChI=1S/C25H29N3O2/c1-3-30-24-13-7-6-11-21(24)25(29)26-17-23(22-12-8-15-27(22)2)28-16-14-19-9-4-5-10-20(19)18-28/h4-13,15,23H,3,14,16-18H2,1-2H3,(H,26,29). The van der Waals surface area contributed by atoms with Gasteiger partial charge in [0.15, 0.2) is 0 Å². The molecule has 0 saturated carbocycles. The van der Waals surface area contributed by atoms with Crippen molar-refractivity contribution >= 4 is 5.91 Å². The lowest BCUT2D eigenvalue weighted by Crippen LogP contribution is -2.41. The summed E-state index contributed by atoms with van der Waals surface area (Å²) in [6.45, 7) is 4.85. The van der Waals surface area contributed by atoms with Crippen molar-refractivity contribution in [1.82, 2.24) is 14.8 Å². The minimum atomic E-state index is -0.101. The molecule has 5 nitrogen and oxygen atoms in total. The molecule has 1 unspecified atom stereocenters. The van der Waals surface area contributed by atoms with E-state index in [-0.39, 0.29) is 11.9 Å². The number of rotatable bonds is 7. The fraction of sp³-hybridized carbons (Fsp3) is 0.320. The molecule has 1 N–H and O–H groups in total. The number of amides is 1. The summed E-state index contributed by atoms with van der Waals surface area (Å²) in [5.74, 6) is 0.524. The van der Waals surface area contributed by atoms with Crippen LogP contribution in [0.4, 0.5) is 0 Å². The molecule has 1 aromatic heterocycles. The van der Waals surface area contributed by atoms with E-state index in [2.05, 4.69) is 64.4 Å². The molecule has 4 rings (SSSR count). The fourth-order valence-corrected chi connectivity index (χ4v) is 4.24. The molecule has 156 valence electrons. The number of carbonyl (C=O) groups excluding carboxylic acids is 1. The Morgan fingerprint density at radius 2 is 1.83 bits per heavy atom. The Kier molecular flexibility index (Phi) is 6.19. The minimum absolute atomic E-state index is 0.0987. The first-order valence-corrected chi connectivity index (χ1v) is 10.6. The van der Waals surface area contributed by atoms with Gasteiger partial charge in [0, 0.05) is 38.6 Å². The van der Waals surface area contributed by atoms with Gasteiger partial charge in [-0.25, -0.2) is 0 Å². The third-order valence-electron chi connectivity index (χ3n) is 5.81. The third kappa shape index (κ3) is 4.26. The maximum absolute atomic E-state index is 13.0. The number of aromatic nitrogens is 1.